The Morgan fingerprint density at radius 1 is 1.14 bits per heavy atom. The number of nitrogens with two attached hydrogens (primary N) is 1. The number of esters is 1. The monoisotopic (exact) mass is 285 g/mol. The average molecular weight is 285 g/mol. The van der Waals surface area contributed by atoms with Crippen LogP contribution in [0.1, 0.15) is 5.56 Å². The Kier molecular flexibility index (Phi) is 4.56. The Morgan fingerprint density at radius 2 is 1.86 bits per heavy atom. The van der Waals surface area contributed by atoms with Crippen LogP contribution in [-0.2, 0) is 14.3 Å². The molecule has 0 atom stereocenters. The maximum atomic E-state index is 11.3. The molecule has 2 aromatic rings. The van der Waals surface area contributed by atoms with Gasteiger partial charge in [0.15, 0.2) is 6.61 Å². The van der Waals surface area contributed by atoms with Gasteiger partial charge in [0, 0.05) is 6.08 Å². The van der Waals surface area contributed by atoms with Crippen molar-refractivity contribution >= 4 is 28.7 Å². The summed E-state index contributed by atoms with van der Waals surface area (Å²) in [5.41, 5.74) is 5.73. The largest absolute Gasteiger partial charge is 0.497 e. The second-order valence-electron chi connectivity index (χ2n) is 4.38. The van der Waals surface area contributed by atoms with E-state index in [1.54, 1.807) is 13.2 Å². The topological polar surface area (TPSA) is 78.6 Å². The van der Waals surface area contributed by atoms with Crippen LogP contribution in [-0.4, -0.2) is 25.6 Å². The normalized spacial score (nSPS) is 10.7. The predicted octanol–water partition coefficient (Wildman–Crippen LogP) is 1.89. The van der Waals surface area contributed by atoms with Crippen molar-refractivity contribution in [3.05, 3.63) is 48.0 Å². The SMILES string of the molecule is COc1ccc2cc(/C=C/C(=O)OCC(N)=O)ccc2c1. The average Bonchev–Trinajstić information content (AvgIpc) is 2.50. The first-order valence-electron chi connectivity index (χ1n) is 6.29. The fourth-order valence-electron chi connectivity index (χ4n) is 1.83. The molecule has 1 amide bonds. The first kappa shape index (κ1) is 14.6. The third kappa shape index (κ3) is 4.07. The summed E-state index contributed by atoms with van der Waals surface area (Å²) in [6, 6.07) is 11.5. The van der Waals surface area contributed by atoms with Crippen molar-refractivity contribution in [2.45, 2.75) is 0 Å². The minimum absolute atomic E-state index is 0.416. The fraction of sp³-hybridized carbons (Fsp3) is 0.125. The molecule has 0 saturated heterocycles. The van der Waals surface area contributed by atoms with E-state index in [9.17, 15) is 9.59 Å². The Morgan fingerprint density at radius 3 is 2.57 bits per heavy atom. The second-order valence-corrected chi connectivity index (χ2v) is 4.38. The fourth-order valence-corrected chi connectivity index (χ4v) is 1.83. The van der Waals surface area contributed by atoms with Crippen LogP contribution >= 0.6 is 0 Å². The minimum Gasteiger partial charge on any atom is -0.497 e. The van der Waals surface area contributed by atoms with Crippen molar-refractivity contribution in [1.29, 1.82) is 0 Å². The Labute approximate surface area is 122 Å². The second kappa shape index (κ2) is 6.56. The standard InChI is InChI=1S/C16H15NO4/c1-20-14-6-5-12-8-11(2-4-13(12)9-14)3-7-16(19)21-10-15(17)18/h2-9H,10H2,1H3,(H2,17,18)/b7-3+. The third-order valence-electron chi connectivity index (χ3n) is 2.84. The molecule has 0 aliphatic heterocycles. The molecule has 0 heterocycles. The van der Waals surface area contributed by atoms with E-state index in [4.69, 9.17) is 10.5 Å². The van der Waals surface area contributed by atoms with Gasteiger partial charge in [0.05, 0.1) is 7.11 Å². The summed E-state index contributed by atoms with van der Waals surface area (Å²) in [5, 5.41) is 2.08. The molecular weight excluding hydrogens is 270 g/mol. The third-order valence-corrected chi connectivity index (χ3v) is 2.84. The van der Waals surface area contributed by atoms with E-state index in [0.717, 1.165) is 22.1 Å². The van der Waals surface area contributed by atoms with Crippen molar-refractivity contribution in [3.63, 3.8) is 0 Å². The highest BCUT2D eigenvalue weighted by Crippen LogP contribution is 2.22. The van der Waals surface area contributed by atoms with E-state index in [0.29, 0.717) is 0 Å². The number of hydrogen-bond acceptors (Lipinski definition) is 4. The molecule has 0 spiro atoms. The zero-order chi connectivity index (χ0) is 15.2. The van der Waals surface area contributed by atoms with Gasteiger partial charge in [0.1, 0.15) is 5.75 Å². The molecule has 5 nitrogen and oxygen atoms in total. The van der Waals surface area contributed by atoms with Gasteiger partial charge in [-0.2, -0.15) is 0 Å². The van der Waals surface area contributed by atoms with Crippen LogP contribution in [0.4, 0.5) is 0 Å². The van der Waals surface area contributed by atoms with E-state index in [1.807, 2.05) is 36.4 Å². The number of fused-ring (bicyclic) bond motifs is 1. The van der Waals surface area contributed by atoms with Crippen molar-refractivity contribution < 1.29 is 19.1 Å². The van der Waals surface area contributed by atoms with Gasteiger partial charge in [0.25, 0.3) is 5.91 Å². The molecule has 0 fully saturated rings. The molecule has 0 bridgehead atoms. The summed E-state index contributed by atoms with van der Waals surface area (Å²) in [4.78, 5) is 21.8. The Balaban J connectivity index is 2.12. The quantitative estimate of drug-likeness (QED) is 0.672. The van der Waals surface area contributed by atoms with Crippen LogP contribution in [0.5, 0.6) is 5.75 Å². The van der Waals surface area contributed by atoms with Gasteiger partial charge in [-0.25, -0.2) is 4.79 Å². The van der Waals surface area contributed by atoms with E-state index < -0.39 is 18.5 Å². The number of methoxy groups -OCH3 is 1. The van der Waals surface area contributed by atoms with Gasteiger partial charge in [-0.3, -0.25) is 4.79 Å². The number of ether oxygens (including phenoxy) is 2. The summed E-state index contributed by atoms with van der Waals surface area (Å²) in [7, 11) is 1.62. The number of primary amides is 1. The van der Waals surface area contributed by atoms with Crippen LogP contribution in [0.3, 0.4) is 0 Å². The van der Waals surface area contributed by atoms with Crippen molar-refractivity contribution in [2.75, 3.05) is 13.7 Å². The van der Waals surface area contributed by atoms with Crippen LogP contribution in [0.25, 0.3) is 16.8 Å². The lowest BCUT2D eigenvalue weighted by atomic mass is 10.1. The summed E-state index contributed by atoms with van der Waals surface area (Å²) in [6.45, 7) is -0.416. The molecule has 0 radical (unpaired) electrons. The van der Waals surface area contributed by atoms with Crippen LogP contribution in [0.2, 0.25) is 0 Å². The number of carbonyl (C=O) groups excluding carboxylic acids is 2. The van der Waals surface area contributed by atoms with Gasteiger partial charge in [-0.15, -0.1) is 0 Å². The van der Waals surface area contributed by atoms with Crippen molar-refractivity contribution in [3.8, 4) is 5.75 Å². The highest BCUT2D eigenvalue weighted by molar-refractivity contribution is 5.91. The molecule has 0 aliphatic carbocycles. The van der Waals surface area contributed by atoms with Gasteiger partial charge in [-0.05, 0) is 40.6 Å². The lowest BCUT2D eigenvalue weighted by Crippen LogP contribution is -2.19. The highest BCUT2D eigenvalue weighted by Gasteiger charge is 2.01. The molecule has 0 unspecified atom stereocenters. The van der Waals surface area contributed by atoms with E-state index in [2.05, 4.69) is 4.74 Å². The summed E-state index contributed by atoms with van der Waals surface area (Å²) < 4.78 is 9.79. The summed E-state index contributed by atoms with van der Waals surface area (Å²) in [6.07, 6.45) is 2.88. The van der Waals surface area contributed by atoms with Crippen LogP contribution in [0.15, 0.2) is 42.5 Å². The molecule has 21 heavy (non-hydrogen) atoms. The predicted molar refractivity (Wildman–Crippen MR) is 79.7 cm³/mol. The zero-order valence-corrected chi connectivity index (χ0v) is 11.5. The van der Waals surface area contributed by atoms with Crippen molar-refractivity contribution in [1.82, 2.24) is 0 Å². The molecule has 0 aromatic heterocycles. The lowest BCUT2D eigenvalue weighted by molar-refractivity contribution is -0.142. The first-order chi connectivity index (χ1) is 10.1. The molecule has 108 valence electrons. The van der Waals surface area contributed by atoms with Gasteiger partial charge in [-0.1, -0.05) is 18.2 Å². The molecule has 5 heteroatoms. The lowest BCUT2D eigenvalue weighted by Gasteiger charge is -2.03. The van der Waals surface area contributed by atoms with E-state index >= 15 is 0 Å². The van der Waals surface area contributed by atoms with E-state index in [1.165, 1.54) is 6.08 Å². The number of rotatable bonds is 5. The van der Waals surface area contributed by atoms with Gasteiger partial charge < -0.3 is 15.2 Å². The number of amides is 1. The smallest absolute Gasteiger partial charge is 0.331 e. The first-order valence-corrected chi connectivity index (χ1v) is 6.29. The molecule has 2 N–H and O–H groups in total. The number of benzene rings is 2. The Hall–Kier alpha value is -2.82. The maximum absolute atomic E-state index is 11.3. The molecule has 0 saturated carbocycles. The highest BCUT2D eigenvalue weighted by atomic mass is 16.5. The van der Waals surface area contributed by atoms with E-state index in [-0.39, 0.29) is 0 Å². The van der Waals surface area contributed by atoms with Crippen LogP contribution < -0.4 is 10.5 Å². The maximum Gasteiger partial charge on any atom is 0.331 e. The van der Waals surface area contributed by atoms with Gasteiger partial charge >= 0.3 is 5.97 Å². The zero-order valence-electron chi connectivity index (χ0n) is 11.5. The minimum atomic E-state index is -0.684. The number of hydrogen-bond donors (Lipinski definition) is 1. The van der Waals surface area contributed by atoms with Crippen molar-refractivity contribution in [2.24, 2.45) is 5.73 Å². The van der Waals surface area contributed by atoms with Crippen LogP contribution in [0, 0.1) is 0 Å². The molecule has 2 rings (SSSR count). The summed E-state index contributed by atoms with van der Waals surface area (Å²) >= 11 is 0. The summed E-state index contributed by atoms with van der Waals surface area (Å²) in [5.74, 6) is -0.499. The van der Waals surface area contributed by atoms with Gasteiger partial charge in [0.2, 0.25) is 0 Å². The molecule has 2 aromatic carbocycles. The molecule has 0 aliphatic rings. The molecular formula is C16H15NO4. The number of carbonyl (C=O) groups is 2. The Bertz CT molecular complexity index is 706.